The SMILES string of the molecule is C=C1C[C@]2(C=O)C[C@H]1CC[C@H]2[C@]1(C)CCC[C@@]2(C)C(=O)OC(=O)[C@@H]12. The fourth-order valence-corrected chi connectivity index (χ4v) is 6.87. The number of hydrogen-bond donors (Lipinski definition) is 0. The number of hydrogen-bond acceptors (Lipinski definition) is 4. The minimum atomic E-state index is -0.722. The highest BCUT2D eigenvalue weighted by atomic mass is 16.6. The molecule has 0 spiro atoms. The lowest BCUT2D eigenvalue weighted by Crippen LogP contribution is -2.54. The van der Waals surface area contributed by atoms with Crippen molar-refractivity contribution in [3.05, 3.63) is 12.2 Å². The van der Waals surface area contributed by atoms with Crippen molar-refractivity contribution in [2.24, 2.45) is 34.0 Å². The third kappa shape index (κ3) is 1.77. The molecular formula is C20H26O4. The van der Waals surface area contributed by atoms with E-state index in [1.807, 2.05) is 6.92 Å². The largest absolute Gasteiger partial charge is 0.392 e. The van der Waals surface area contributed by atoms with Crippen LogP contribution in [0.4, 0.5) is 0 Å². The first-order valence-electron chi connectivity index (χ1n) is 9.17. The van der Waals surface area contributed by atoms with Crippen molar-refractivity contribution in [2.75, 3.05) is 0 Å². The lowest BCUT2D eigenvalue weighted by molar-refractivity contribution is -0.156. The Morgan fingerprint density at radius 1 is 1.21 bits per heavy atom. The summed E-state index contributed by atoms with van der Waals surface area (Å²) in [5.41, 5.74) is -0.288. The molecule has 0 amide bonds. The van der Waals surface area contributed by atoms with E-state index in [1.54, 1.807) is 0 Å². The minimum Gasteiger partial charge on any atom is -0.392 e. The van der Waals surface area contributed by atoms with Crippen molar-refractivity contribution in [2.45, 2.75) is 58.8 Å². The summed E-state index contributed by atoms with van der Waals surface area (Å²) in [6.07, 6.45) is 7.22. The third-order valence-electron chi connectivity index (χ3n) is 7.89. The summed E-state index contributed by atoms with van der Waals surface area (Å²) in [6, 6.07) is 0. The minimum absolute atomic E-state index is 0.126. The van der Waals surface area contributed by atoms with Crippen LogP contribution in [0.3, 0.4) is 0 Å². The number of aldehydes is 1. The zero-order valence-corrected chi connectivity index (χ0v) is 14.6. The van der Waals surface area contributed by atoms with Gasteiger partial charge in [0.1, 0.15) is 6.29 Å². The highest BCUT2D eigenvalue weighted by Crippen LogP contribution is 2.67. The number of carbonyl (C=O) groups excluding carboxylic acids is 3. The highest BCUT2D eigenvalue weighted by molar-refractivity contribution is 5.99. The second-order valence-electron chi connectivity index (χ2n) is 9.14. The van der Waals surface area contributed by atoms with Crippen molar-refractivity contribution in [1.82, 2.24) is 0 Å². The maximum atomic E-state index is 12.6. The van der Waals surface area contributed by atoms with Crippen molar-refractivity contribution in [3.63, 3.8) is 0 Å². The number of ether oxygens (including phenoxy) is 1. The van der Waals surface area contributed by atoms with Crippen molar-refractivity contribution in [1.29, 1.82) is 0 Å². The van der Waals surface area contributed by atoms with E-state index >= 15 is 0 Å². The van der Waals surface area contributed by atoms with Gasteiger partial charge in [-0.2, -0.15) is 0 Å². The molecule has 0 aromatic carbocycles. The Morgan fingerprint density at radius 3 is 2.67 bits per heavy atom. The average Bonchev–Trinajstić information content (AvgIpc) is 2.91. The predicted molar refractivity (Wildman–Crippen MR) is 87.7 cm³/mol. The van der Waals surface area contributed by atoms with E-state index in [-0.39, 0.29) is 23.3 Å². The average molecular weight is 330 g/mol. The lowest BCUT2D eigenvalue weighted by atomic mass is 9.46. The predicted octanol–water partition coefficient (Wildman–Crippen LogP) is 3.44. The molecule has 24 heavy (non-hydrogen) atoms. The Labute approximate surface area is 143 Å². The number of allylic oxidation sites excluding steroid dienone is 1. The quantitative estimate of drug-likeness (QED) is 0.337. The second-order valence-corrected chi connectivity index (χ2v) is 9.14. The molecule has 2 bridgehead atoms. The van der Waals surface area contributed by atoms with E-state index in [4.69, 9.17) is 4.74 Å². The molecule has 1 saturated heterocycles. The maximum Gasteiger partial charge on any atom is 0.320 e. The van der Waals surface area contributed by atoms with Crippen LogP contribution >= 0.6 is 0 Å². The van der Waals surface area contributed by atoms with Crippen LogP contribution in [-0.4, -0.2) is 18.2 Å². The van der Waals surface area contributed by atoms with Gasteiger partial charge in [0.15, 0.2) is 0 Å². The van der Waals surface area contributed by atoms with Crippen molar-refractivity contribution >= 4 is 18.2 Å². The first-order valence-corrected chi connectivity index (χ1v) is 9.17. The fraction of sp³-hybridized carbons (Fsp3) is 0.750. The summed E-state index contributed by atoms with van der Waals surface area (Å²) in [7, 11) is 0. The summed E-state index contributed by atoms with van der Waals surface area (Å²) >= 11 is 0. The molecule has 3 saturated carbocycles. The molecule has 6 atom stereocenters. The van der Waals surface area contributed by atoms with Crippen LogP contribution in [0.15, 0.2) is 12.2 Å². The molecule has 4 fully saturated rings. The monoisotopic (exact) mass is 330 g/mol. The van der Waals surface area contributed by atoms with E-state index in [9.17, 15) is 14.4 Å². The second kappa shape index (κ2) is 4.80. The van der Waals surface area contributed by atoms with Gasteiger partial charge in [-0.1, -0.05) is 25.5 Å². The number of rotatable bonds is 2. The number of carbonyl (C=O) groups is 3. The molecule has 130 valence electrons. The lowest BCUT2D eigenvalue weighted by Gasteiger charge is -2.54. The van der Waals surface area contributed by atoms with Crippen LogP contribution in [-0.2, 0) is 19.1 Å². The topological polar surface area (TPSA) is 60.4 Å². The molecule has 4 rings (SSSR count). The van der Waals surface area contributed by atoms with Gasteiger partial charge in [0, 0.05) is 5.41 Å². The molecule has 4 aliphatic rings. The molecule has 4 heteroatoms. The standard InChI is InChI=1S/C20H26O4/c1-12-9-20(11-21)10-13(12)5-6-14(20)18(2)7-4-8-19(3)15(18)16(22)24-17(19)23/h11,13-15H,1,4-10H2,2-3H3/t13-,14+,15+,18+,19-,20-/m1/s1. The Morgan fingerprint density at radius 2 is 1.96 bits per heavy atom. The van der Waals surface area contributed by atoms with Gasteiger partial charge in [0.25, 0.3) is 0 Å². The molecule has 4 nitrogen and oxygen atoms in total. The normalized spacial score (nSPS) is 50.6. The summed E-state index contributed by atoms with van der Waals surface area (Å²) in [5.74, 6) is -0.584. The molecule has 0 aromatic rings. The van der Waals surface area contributed by atoms with Crippen molar-refractivity contribution in [3.8, 4) is 0 Å². The first kappa shape index (κ1) is 16.0. The van der Waals surface area contributed by atoms with Crippen molar-refractivity contribution < 1.29 is 19.1 Å². The van der Waals surface area contributed by atoms with Crippen LogP contribution in [0.5, 0.6) is 0 Å². The maximum absolute atomic E-state index is 12.6. The molecule has 0 N–H and O–H groups in total. The molecule has 1 aliphatic heterocycles. The zero-order chi connectivity index (χ0) is 17.3. The van der Waals surface area contributed by atoms with E-state index in [1.165, 1.54) is 5.57 Å². The molecule has 0 unspecified atom stereocenters. The molecule has 3 aliphatic carbocycles. The van der Waals surface area contributed by atoms with Gasteiger partial charge in [-0.3, -0.25) is 9.59 Å². The van der Waals surface area contributed by atoms with Crippen LogP contribution < -0.4 is 0 Å². The van der Waals surface area contributed by atoms with Crippen LogP contribution in [0.2, 0.25) is 0 Å². The molecule has 1 heterocycles. The van der Waals surface area contributed by atoms with Gasteiger partial charge in [-0.05, 0) is 62.7 Å². The van der Waals surface area contributed by atoms with E-state index in [0.29, 0.717) is 12.3 Å². The van der Waals surface area contributed by atoms with E-state index in [2.05, 4.69) is 13.5 Å². The Kier molecular flexibility index (Phi) is 3.21. The van der Waals surface area contributed by atoms with Gasteiger partial charge in [-0.15, -0.1) is 0 Å². The number of fused-ring (bicyclic) bond motifs is 3. The summed E-state index contributed by atoms with van der Waals surface area (Å²) in [6.45, 7) is 8.21. The molecule has 0 radical (unpaired) electrons. The highest BCUT2D eigenvalue weighted by Gasteiger charge is 2.68. The number of cyclic esters (lactones) is 2. The smallest absolute Gasteiger partial charge is 0.320 e. The Hall–Kier alpha value is -1.45. The zero-order valence-electron chi connectivity index (χ0n) is 14.6. The van der Waals surface area contributed by atoms with Gasteiger partial charge < -0.3 is 9.53 Å². The van der Waals surface area contributed by atoms with Gasteiger partial charge in [-0.25, -0.2) is 0 Å². The molecule has 0 aromatic heterocycles. The first-order chi connectivity index (χ1) is 11.3. The Bertz CT molecular complexity index is 652. The van der Waals surface area contributed by atoms with Crippen LogP contribution in [0.1, 0.15) is 58.8 Å². The summed E-state index contributed by atoms with van der Waals surface area (Å²) in [4.78, 5) is 37.1. The Balaban J connectivity index is 1.79. The molecular weight excluding hydrogens is 304 g/mol. The van der Waals surface area contributed by atoms with Gasteiger partial charge in [0.05, 0.1) is 11.3 Å². The number of esters is 2. The summed E-state index contributed by atoms with van der Waals surface area (Å²) < 4.78 is 5.08. The van der Waals surface area contributed by atoms with Gasteiger partial charge >= 0.3 is 11.9 Å². The third-order valence-corrected chi connectivity index (χ3v) is 7.89. The summed E-state index contributed by atoms with van der Waals surface area (Å²) in [5, 5.41) is 0. The van der Waals surface area contributed by atoms with E-state index in [0.717, 1.165) is 44.8 Å². The van der Waals surface area contributed by atoms with Crippen LogP contribution in [0.25, 0.3) is 0 Å². The fourth-order valence-electron chi connectivity index (χ4n) is 6.87. The van der Waals surface area contributed by atoms with E-state index < -0.39 is 16.7 Å². The van der Waals surface area contributed by atoms with Crippen LogP contribution in [0, 0.1) is 34.0 Å². The van der Waals surface area contributed by atoms with Gasteiger partial charge in [0.2, 0.25) is 0 Å².